The fourth-order valence-corrected chi connectivity index (χ4v) is 9.99. The van der Waals surface area contributed by atoms with E-state index >= 15 is 8.78 Å². The number of aromatic nitrogens is 14. The fraction of sp³-hybridized carbons (Fsp3) is 0.269. The molecule has 10 heterocycles. The monoisotopic (exact) mass is 1030 g/mol. The van der Waals surface area contributed by atoms with Crippen molar-refractivity contribution in [2.24, 2.45) is 7.05 Å². The van der Waals surface area contributed by atoms with E-state index < -0.39 is 34.5 Å². The Hall–Kier alpha value is -8.90. The average molecular weight is 1030 g/mol. The van der Waals surface area contributed by atoms with Gasteiger partial charge in [0.1, 0.15) is 34.7 Å². The average Bonchev–Trinajstić information content (AvgIpc) is 4.29. The molecular weight excluding hydrogens is 985 g/mol. The van der Waals surface area contributed by atoms with E-state index in [4.69, 9.17) is 0 Å². The molecule has 0 saturated carbocycles. The van der Waals surface area contributed by atoms with Crippen LogP contribution in [0.25, 0.3) is 33.3 Å². The van der Waals surface area contributed by atoms with Crippen LogP contribution >= 0.6 is 0 Å². The van der Waals surface area contributed by atoms with Gasteiger partial charge in [-0.3, -0.25) is 9.58 Å². The molecule has 0 radical (unpaired) electrons. The van der Waals surface area contributed by atoms with Crippen molar-refractivity contribution in [3.63, 3.8) is 0 Å². The van der Waals surface area contributed by atoms with Gasteiger partial charge >= 0.3 is 0 Å². The Morgan fingerprint density at radius 1 is 0.513 bits per heavy atom. The molecule has 2 atom stereocenters. The summed E-state index contributed by atoms with van der Waals surface area (Å²) in [6.45, 7) is 7.12. The number of halogens is 4. The summed E-state index contributed by atoms with van der Waals surface area (Å²) < 4.78 is 69.0. The Bertz CT molecular complexity index is 3730. The lowest BCUT2D eigenvalue weighted by atomic mass is 9.90. The highest BCUT2D eigenvalue weighted by Crippen LogP contribution is 2.35. The van der Waals surface area contributed by atoms with Gasteiger partial charge in [-0.15, -0.1) is 0 Å². The molecule has 2 aromatic carbocycles. The zero-order chi connectivity index (χ0) is 52.5. The molecule has 0 aliphatic carbocycles. The number of fused-ring (bicyclic) bond motifs is 2. The topological polar surface area (TPSA) is 192 Å². The number of hydrogen-bond acceptors (Lipinski definition) is 15. The summed E-state index contributed by atoms with van der Waals surface area (Å²) in [4.78, 5) is 30.9. The smallest absolute Gasteiger partial charge is 0.256 e. The molecule has 24 heteroatoms. The number of nitrogens with zero attached hydrogens (tertiary/aromatic N) is 18. The second-order valence-corrected chi connectivity index (χ2v) is 19.3. The van der Waals surface area contributed by atoms with E-state index in [0.29, 0.717) is 115 Å². The van der Waals surface area contributed by atoms with Crippen molar-refractivity contribution in [2.75, 3.05) is 72.0 Å². The van der Waals surface area contributed by atoms with Crippen LogP contribution < -0.4 is 24.2 Å². The van der Waals surface area contributed by atoms with Crippen molar-refractivity contribution in [1.82, 2.24) is 63.7 Å². The third kappa shape index (κ3) is 8.63. The van der Waals surface area contributed by atoms with Crippen LogP contribution in [0.2, 0.25) is 0 Å². The van der Waals surface area contributed by atoms with Crippen molar-refractivity contribution in [2.45, 2.75) is 31.7 Å². The maximum atomic E-state index is 16.9. The van der Waals surface area contributed by atoms with Gasteiger partial charge < -0.3 is 24.9 Å². The van der Waals surface area contributed by atoms with Crippen molar-refractivity contribution in [3.8, 4) is 22.3 Å². The molecule has 10 aromatic rings. The van der Waals surface area contributed by atoms with E-state index in [1.807, 2.05) is 19.3 Å². The SMILES string of the molecule is Cn1cc(-c2cn3nc[n+](Cn4cc(-c5cn6ncnc(N7CCN(c8ncc(C(C)(O)c9ccc(F)cc9)cn8)CC7)c6c5F)cn4)c(N4CCN(c5ncc(C(C)(O)c6ccc(F)cc6)cn5)CC4)c3c2F)cn1. The van der Waals surface area contributed by atoms with Gasteiger partial charge in [0.05, 0.1) is 44.8 Å². The van der Waals surface area contributed by atoms with E-state index in [0.717, 1.165) is 0 Å². The summed E-state index contributed by atoms with van der Waals surface area (Å²) in [6.07, 6.45) is 19.2. The van der Waals surface area contributed by atoms with Crippen LogP contribution in [0.1, 0.15) is 36.1 Å². The van der Waals surface area contributed by atoms with E-state index in [1.165, 1.54) is 63.9 Å². The number of piperazine rings is 2. The summed E-state index contributed by atoms with van der Waals surface area (Å²) >= 11 is 0. The summed E-state index contributed by atoms with van der Waals surface area (Å²) in [5.74, 6) is 0.110. The third-order valence-electron chi connectivity index (χ3n) is 14.4. The van der Waals surface area contributed by atoms with Gasteiger partial charge in [-0.05, 0) is 54.3 Å². The molecule has 2 aliphatic rings. The van der Waals surface area contributed by atoms with Gasteiger partial charge in [-0.2, -0.15) is 19.8 Å². The molecular formula is C52H49F4N18O2+. The van der Waals surface area contributed by atoms with Gasteiger partial charge in [-0.1, -0.05) is 24.3 Å². The highest BCUT2D eigenvalue weighted by Gasteiger charge is 2.34. The van der Waals surface area contributed by atoms with Gasteiger partial charge in [0.25, 0.3) is 12.1 Å². The molecule has 0 spiro atoms. The Kier molecular flexibility index (Phi) is 11.9. The normalized spacial score (nSPS) is 16.0. The lowest BCUT2D eigenvalue weighted by molar-refractivity contribution is -0.693. The van der Waals surface area contributed by atoms with Gasteiger partial charge in [0.15, 0.2) is 29.6 Å². The van der Waals surface area contributed by atoms with E-state index in [2.05, 4.69) is 50.2 Å². The number of aryl methyl sites for hydroxylation is 1. The van der Waals surface area contributed by atoms with Gasteiger partial charge in [0, 0.05) is 110 Å². The van der Waals surface area contributed by atoms with Crippen LogP contribution in [-0.2, 0) is 24.9 Å². The molecule has 2 fully saturated rings. The van der Waals surface area contributed by atoms with E-state index in [-0.39, 0.29) is 23.3 Å². The molecule has 12 rings (SSSR count). The van der Waals surface area contributed by atoms with E-state index in [1.54, 1.807) is 98.6 Å². The summed E-state index contributed by atoms with van der Waals surface area (Å²) in [7, 11) is 1.77. The summed E-state index contributed by atoms with van der Waals surface area (Å²) in [5, 5.41) is 40.5. The first-order valence-corrected chi connectivity index (χ1v) is 24.4. The molecule has 2 saturated heterocycles. The number of rotatable bonds is 12. The van der Waals surface area contributed by atoms with Crippen LogP contribution in [0, 0.1) is 23.3 Å². The molecule has 2 unspecified atom stereocenters. The molecule has 8 aromatic heterocycles. The highest BCUT2D eigenvalue weighted by atomic mass is 19.1. The standard InChI is InChI=1S/C52H49F4N18O2/c1-51(75,35-4-8-39(53)9-5-35)37-22-57-49(58-23-37)69-16-12-67(13-17-69)47-45-43(55)42(28-73(45)64-30-61-47)34-21-63-72(27-34)32-71-31-65-74-29-41(33-20-62-66(3)26-33)44(56)46(74)48(71)68-14-18-70(19-15-68)50-59-24-38(25-60-50)52(2,76)36-6-10-40(54)11-7-36/h4-11,20-31,75-76H,12-19,32H2,1-3H3/q+1. The Labute approximate surface area is 431 Å². The maximum Gasteiger partial charge on any atom is 0.256 e. The first-order chi connectivity index (χ1) is 36.7. The molecule has 2 aliphatic heterocycles. The molecule has 0 amide bonds. The zero-order valence-electron chi connectivity index (χ0n) is 41.4. The van der Waals surface area contributed by atoms with Crippen LogP contribution in [-0.4, -0.2) is 126 Å². The molecule has 386 valence electrons. The third-order valence-corrected chi connectivity index (χ3v) is 14.4. The van der Waals surface area contributed by atoms with Crippen LogP contribution in [0.3, 0.4) is 0 Å². The van der Waals surface area contributed by atoms with Crippen LogP contribution in [0.5, 0.6) is 0 Å². The largest absolute Gasteiger partial charge is 0.381 e. The molecule has 2 N–H and O–H groups in total. The van der Waals surface area contributed by atoms with Gasteiger partial charge in [0.2, 0.25) is 11.9 Å². The molecule has 20 nitrogen and oxygen atoms in total. The number of anilines is 4. The molecule has 76 heavy (non-hydrogen) atoms. The fourth-order valence-electron chi connectivity index (χ4n) is 9.99. The van der Waals surface area contributed by atoms with Crippen molar-refractivity contribution in [1.29, 1.82) is 0 Å². The minimum absolute atomic E-state index is 0.0920. The number of benzene rings is 2. The van der Waals surface area contributed by atoms with Crippen LogP contribution in [0.15, 0.2) is 123 Å². The number of aliphatic hydroxyl groups is 2. The van der Waals surface area contributed by atoms with Gasteiger partial charge in [-0.25, -0.2) is 56.2 Å². The quantitative estimate of drug-likeness (QED) is 0.126. The zero-order valence-corrected chi connectivity index (χ0v) is 41.4. The predicted octanol–water partition coefficient (Wildman–Crippen LogP) is 4.74. The predicted molar refractivity (Wildman–Crippen MR) is 270 cm³/mol. The Balaban J connectivity index is 0.774. The minimum atomic E-state index is -1.45. The maximum absolute atomic E-state index is 16.9. The van der Waals surface area contributed by atoms with Crippen LogP contribution in [0.4, 0.5) is 41.1 Å². The van der Waals surface area contributed by atoms with E-state index in [9.17, 15) is 19.0 Å². The lowest BCUT2D eigenvalue weighted by Crippen LogP contribution is -2.53. The van der Waals surface area contributed by atoms with Crippen molar-refractivity contribution in [3.05, 3.63) is 169 Å². The lowest BCUT2D eigenvalue weighted by Gasteiger charge is -2.35. The Morgan fingerprint density at radius 3 is 1.51 bits per heavy atom. The summed E-state index contributed by atoms with van der Waals surface area (Å²) in [6, 6.07) is 11.3. The second-order valence-electron chi connectivity index (χ2n) is 19.3. The molecule has 0 bridgehead atoms. The second kappa shape index (κ2) is 18.8. The minimum Gasteiger partial charge on any atom is -0.381 e. The first kappa shape index (κ1) is 48.1. The number of hydrogen-bond donors (Lipinski definition) is 2. The van der Waals surface area contributed by atoms with Crippen molar-refractivity contribution < 1.29 is 32.3 Å². The first-order valence-electron chi connectivity index (χ1n) is 24.4. The highest BCUT2D eigenvalue weighted by molar-refractivity contribution is 5.79. The van der Waals surface area contributed by atoms with Crippen molar-refractivity contribution >= 4 is 34.6 Å². The Morgan fingerprint density at radius 2 is 0.987 bits per heavy atom. The summed E-state index contributed by atoms with van der Waals surface area (Å²) in [5.41, 5.74) is 1.17.